The van der Waals surface area contributed by atoms with Gasteiger partial charge in [0.1, 0.15) is 5.69 Å². The largest absolute Gasteiger partial charge is 0.416 e. The molecular formula is C24H22F3N5O2. The van der Waals surface area contributed by atoms with Crippen molar-refractivity contribution < 1.29 is 22.8 Å². The maximum Gasteiger partial charge on any atom is 0.416 e. The Bertz CT molecular complexity index is 1240. The molecule has 0 saturated heterocycles. The van der Waals surface area contributed by atoms with Crippen molar-refractivity contribution in [2.24, 2.45) is 0 Å². The lowest BCUT2D eigenvalue weighted by molar-refractivity contribution is -0.137. The first-order valence-corrected chi connectivity index (χ1v) is 11.0. The highest BCUT2D eigenvalue weighted by Crippen LogP contribution is 2.32. The van der Waals surface area contributed by atoms with Crippen molar-refractivity contribution in [2.45, 2.75) is 45.2 Å². The molecule has 1 aromatic carbocycles. The average Bonchev–Trinajstić information content (AvgIpc) is 3.18. The van der Waals surface area contributed by atoms with E-state index in [0.29, 0.717) is 37.3 Å². The number of amides is 2. The van der Waals surface area contributed by atoms with Crippen LogP contribution in [0.5, 0.6) is 0 Å². The lowest BCUT2D eigenvalue weighted by atomic mass is 9.97. The van der Waals surface area contributed by atoms with Crippen LogP contribution in [-0.4, -0.2) is 49.0 Å². The van der Waals surface area contributed by atoms with Gasteiger partial charge < -0.3 is 9.80 Å². The first kappa shape index (κ1) is 22.1. The molecule has 0 bridgehead atoms. The molecule has 0 aliphatic carbocycles. The minimum absolute atomic E-state index is 0.165. The molecule has 34 heavy (non-hydrogen) atoms. The molecule has 0 saturated carbocycles. The highest BCUT2D eigenvalue weighted by atomic mass is 19.4. The van der Waals surface area contributed by atoms with Gasteiger partial charge in [-0.15, -0.1) is 0 Å². The first-order valence-electron chi connectivity index (χ1n) is 11.0. The Balaban J connectivity index is 1.40. The van der Waals surface area contributed by atoms with Gasteiger partial charge >= 0.3 is 6.18 Å². The van der Waals surface area contributed by atoms with Crippen molar-refractivity contribution in [2.75, 3.05) is 6.54 Å². The van der Waals surface area contributed by atoms with E-state index in [0.717, 1.165) is 23.5 Å². The van der Waals surface area contributed by atoms with E-state index >= 15 is 0 Å². The fourth-order valence-electron chi connectivity index (χ4n) is 4.54. The normalized spacial score (nSPS) is 18.0. The summed E-state index contributed by atoms with van der Waals surface area (Å²) in [6.45, 7) is 3.48. The number of fused-ring (bicyclic) bond motifs is 3. The van der Waals surface area contributed by atoms with E-state index in [4.69, 9.17) is 0 Å². The minimum Gasteiger partial charge on any atom is -0.331 e. The standard InChI is InChI=1S/C24H22F3N5O2/c1-15-12-20-19(14-31(15)22(33)16-5-7-17(8-6-16)24(25,26)27)21-23(34)30(10-11-32(21)29-20)13-18-4-2-3-9-28-18/h2-9,15H,10-14H2,1H3/t15-/m1/s1. The maximum absolute atomic E-state index is 13.3. The summed E-state index contributed by atoms with van der Waals surface area (Å²) in [5.41, 5.74) is 2.11. The van der Waals surface area contributed by atoms with Crippen molar-refractivity contribution >= 4 is 11.8 Å². The molecule has 0 radical (unpaired) electrons. The third kappa shape index (κ3) is 3.93. The highest BCUT2D eigenvalue weighted by Gasteiger charge is 2.37. The number of carbonyl (C=O) groups is 2. The molecule has 4 heterocycles. The second kappa shape index (κ2) is 8.27. The summed E-state index contributed by atoms with van der Waals surface area (Å²) in [7, 11) is 0. The van der Waals surface area contributed by atoms with E-state index in [1.807, 2.05) is 25.1 Å². The van der Waals surface area contributed by atoms with E-state index in [2.05, 4.69) is 10.1 Å². The van der Waals surface area contributed by atoms with E-state index in [1.165, 1.54) is 12.1 Å². The van der Waals surface area contributed by atoms with E-state index in [9.17, 15) is 22.8 Å². The van der Waals surface area contributed by atoms with Gasteiger partial charge in [-0.05, 0) is 43.3 Å². The first-order chi connectivity index (χ1) is 16.2. The second-order valence-corrected chi connectivity index (χ2v) is 8.61. The predicted octanol–water partition coefficient (Wildman–Crippen LogP) is 3.54. The number of rotatable bonds is 3. The molecule has 2 aromatic heterocycles. The van der Waals surface area contributed by atoms with Gasteiger partial charge in [-0.2, -0.15) is 18.3 Å². The molecule has 176 valence electrons. The smallest absolute Gasteiger partial charge is 0.331 e. The van der Waals surface area contributed by atoms with Crippen molar-refractivity contribution in [3.05, 3.63) is 82.4 Å². The number of nitrogens with zero attached hydrogens (tertiary/aromatic N) is 5. The van der Waals surface area contributed by atoms with Crippen LogP contribution in [0.1, 0.15) is 50.3 Å². The molecule has 0 spiro atoms. The lowest BCUT2D eigenvalue weighted by Crippen LogP contribution is -2.44. The Morgan fingerprint density at radius 1 is 1.12 bits per heavy atom. The highest BCUT2D eigenvalue weighted by molar-refractivity contribution is 5.97. The Kier molecular flexibility index (Phi) is 5.38. The monoisotopic (exact) mass is 469 g/mol. The fourth-order valence-corrected chi connectivity index (χ4v) is 4.54. The van der Waals surface area contributed by atoms with Gasteiger partial charge in [0.15, 0.2) is 0 Å². The zero-order valence-corrected chi connectivity index (χ0v) is 18.4. The molecule has 0 fully saturated rings. The van der Waals surface area contributed by atoms with Crippen LogP contribution in [0.25, 0.3) is 0 Å². The quantitative estimate of drug-likeness (QED) is 0.589. The van der Waals surface area contributed by atoms with Gasteiger partial charge in [0.2, 0.25) is 0 Å². The number of aromatic nitrogens is 3. The summed E-state index contributed by atoms with van der Waals surface area (Å²) in [5, 5.41) is 4.63. The fraction of sp³-hybridized carbons (Fsp3) is 0.333. The maximum atomic E-state index is 13.3. The van der Waals surface area contributed by atoms with Crippen LogP contribution in [0, 0.1) is 0 Å². The number of hydrogen-bond donors (Lipinski definition) is 0. The molecule has 10 heteroatoms. The Morgan fingerprint density at radius 2 is 1.88 bits per heavy atom. The van der Waals surface area contributed by atoms with Crippen LogP contribution in [0.2, 0.25) is 0 Å². The SMILES string of the molecule is C[C@@H]1Cc2nn3c(c2CN1C(=O)c1ccc(C(F)(F)F)cc1)C(=O)N(Cc1ccccn1)CC3. The van der Waals surface area contributed by atoms with Gasteiger partial charge in [-0.25, -0.2) is 0 Å². The molecule has 7 nitrogen and oxygen atoms in total. The average molecular weight is 469 g/mol. The van der Waals surface area contributed by atoms with Gasteiger partial charge in [0.05, 0.1) is 36.6 Å². The number of hydrogen-bond acceptors (Lipinski definition) is 4. The molecule has 3 aromatic rings. The lowest BCUT2D eigenvalue weighted by Gasteiger charge is -2.34. The molecule has 1 atom stereocenters. The van der Waals surface area contributed by atoms with Crippen LogP contribution < -0.4 is 0 Å². The van der Waals surface area contributed by atoms with E-state index in [1.54, 1.807) is 20.7 Å². The third-order valence-electron chi connectivity index (χ3n) is 6.35. The molecule has 2 amide bonds. The summed E-state index contributed by atoms with van der Waals surface area (Å²) in [5.74, 6) is -0.539. The third-order valence-corrected chi connectivity index (χ3v) is 6.35. The van der Waals surface area contributed by atoms with Gasteiger partial charge in [-0.3, -0.25) is 19.3 Å². The summed E-state index contributed by atoms with van der Waals surface area (Å²) in [6, 6.07) is 9.55. The number of carbonyl (C=O) groups excluding carboxylic acids is 2. The number of alkyl halides is 3. The second-order valence-electron chi connectivity index (χ2n) is 8.61. The Morgan fingerprint density at radius 3 is 2.56 bits per heavy atom. The predicted molar refractivity (Wildman–Crippen MR) is 116 cm³/mol. The van der Waals surface area contributed by atoms with Crippen LogP contribution in [0.3, 0.4) is 0 Å². The number of halogens is 3. The Hall–Kier alpha value is -3.69. The van der Waals surface area contributed by atoms with E-state index < -0.39 is 11.7 Å². The summed E-state index contributed by atoms with van der Waals surface area (Å²) < 4.78 is 40.4. The molecule has 0 unspecified atom stereocenters. The van der Waals surface area contributed by atoms with Gasteiger partial charge in [-0.1, -0.05) is 6.07 Å². The van der Waals surface area contributed by atoms with Crippen LogP contribution in [-0.2, 0) is 32.2 Å². The van der Waals surface area contributed by atoms with Crippen molar-refractivity contribution in [1.29, 1.82) is 0 Å². The van der Waals surface area contributed by atoms with Crippen LogP contribution >= 0.6 is 0 Å². The molecule has 5 rings (SSSR count). The molecular weight excluding hydrogens is 447 g/mol. The zero-order valence-electron chi connectivity index (χ0n) is 18.4. The molecule has 0 N–H and O–H groups in total. The van der Waals surface area contributed by atoms with Crippen LogP contribution in [0.4, 0.5) is 13.2 Å². The van der Waals surface area contributed by atoms with Crippen molar-refractivity contribution in [1.82, 2.24) is 24.6 Å². The summed E-state index contributed by atoms with van der Waals surface area (Å²) in [4.78, 5) is 34.1. The zero-order chi connectivity index (χ0) is 24.0. The number of benzene rings is 1. The summed E-state index contributed by atoms with van der Waals surface area (Å²) in [6.07, 6.45) is -2.31. The number of pyridine rings is 1. The van der Waals surface area contributed by atoms with Crippen molar-refractivity contribution in [3.8, 4) is 0 Å². The van der Waals surface area contributed by atoms with Gasteiger partial charge in [0.25, 0.3) is 11.8 Å². The molecule has 2 aliphatic rings. The van der Waals surface area contributed by atoms with Crippen LogP contribution in [0.15, 0.2) is 48.7 Å². The summed E-state index contributed by atoms with van der Waals surface area (Å²) >= 11 is 0. The van der Waals surface area contributed by atoms with Crippen molar-refractivity contribution in [3.63, 3.8) is 0 Å². The topological polar surface area (TPSA) is 71.3 Å². The van der Waals surface area contributed by atoms with E-state index in [-0.39, 0.29) is 30.0 Å². The molecule has 2 aliphatic heterocycles. The minimum atomic E-state index is -4.46. The Labute approximate surface area is 193 Å². The van der Waals surface area contributed by atoms with Gasteiger partial charge in [0, 0.05) is 36.3 Å².